The van der Waals surface area contributed by atoms with Crippen molar-refractivity contribution in [2.24, 2.45) is 11.7 Å². The van der Waals surface area contributed by atoms with Gasteiger partial charge in [0.2, 0.25) is 5.91 Å². The van der Waals surface area contributed by atoms with E-state index in [2.05, 4.69) is 10.3 Å². The molecule has 2 aromatic rings. The van der Waals surface area contributed by atoms with Crippen LogP contribution < -0.4 is 11.1 Å². The summed E-state index contributed by atoms with van der Waals surface area (Å²) in [5, 5.41) is 3.86. The number of rotatable bonds is 4. The molecule has 1 aromatic heterocycles. The van der Waals surface area contributed by atoms with Crippen molar-refractivity contribution in [2.75, 3.05) is 5.32 Å². The standard InChI is InChI=1S/C15H19N3O/c1-10(2)9-12(16)15(19)18-13-7-3-5-11-6-4-8-17-14(11)13/h3-8,10,12H,9,16H2,1-2H3,(H,18,19). The largest absolute Gasteiger partial charge is 0.323 e. The highest BCUT2D eigenvalue weighted by molar-refractivity contribution is 6.02. The van der Waals surface area contributed by atoms with E-state index in [4.69, 9.17) is 5.73 Å². The van der Waals surface area contributed by atoms with Gasteiger partial charge in [-0.15, -0.1) is 0 Å². The molecule has 0 fully saturated rings. The third kappa shape index (κ3) is 3.29. The quantitative estimate of drug-likeness (QED) is 0.884. The van der Waals surface area contributed by atoms with Crippen molar-refractivity contribution in [1.82, 2.24) is 4.98 Å². The van der Waals surface area contributed by atoms with E-state index in [1.165, 1.54) is 0 Å². The monoisotopic (exact) mass is 257 g/mol. The van der Waals surface area contributed by atoms with Gasteiger partial charge in [-0.05, 0) is 24.5 Å². The number of carbonyl (C=O) groups is 1. The van der Waals surface area contributed by atoms with Crippen molar-refractivity contribution in [3.8, 4) is 0 Å². The van der Waals surface area contributed by atoms with Gasteiger partial charge in [-0.2, -0.15) is 0 Å². The number of benzene rings is 1. The van der Waals surface area contributed by atoms with Gasteiger partial charge in [0, 0.05) is 11.6 Å². The molecule has 0 spiro atoms. The molecule has 0 aliphatic heterocycles. The summed E-state index contributed by atoms with van der Waals surface area (Å²) >= 11 is 0. The first-order valence-corrected chi connectivity index (χ1v) is 6.48. The van der Waals surface area contributed by atoms with Crippen LogP contribution in [0, 0.1) is 5.92 Å². The maximum atomic E-state index is 12.0. The first-order valence-electron chi connectivity index (χ1n) is 6.48. The van der Waals surface area contributed by atoms with Gasteiger partial charge in [0.1, 0.15) is 0 Å². The average Bonchev–Trinajstić information content (AvgIpc) is 2.38. The fourth-order valence-corrected chi connectivity index (χ4v) is 2.05. The molecule has 0 aliphatic carbocycles. The van der Waals surface area contributed by atoms with Gasteiger partial charge < -0.3 is 11.1 Å². The minimum absolute atomic E-state index is 0.160. The van der Waals surface area contributed by atoms with Gasteiger partial charge in [0.15, 0.2) is 0 Å². The Morgan fingerprint density at radius 1 is 1.32 bits per heavy atom. The SMILES string of the molecule is CC(C)CC(N)C(=O)Nc1cccc2cccnc12. The molecular weight excluding hydrogens is 238 g/mol. The predicted octanol–water partition coefficient (Wildman–Crippen LogP) is 2.55. The van der Waals surface area contributed by atoms with Gasteiger partial charge in [-0.3, -0.25) is 9.78 Å². The zero-order chi connectivity index (χ0) is 13.8. The molecule has 2 rings (SSSR count). The summed E-state index contributed by atoms with van der Waals surface area (Å²) in [7, 11) is 0. The molecule has 4 heteroatoms. The molecule has 1 aromatic carbocycles. The van der Waals surface area contributed by atoms with E-state index in [0.29, 0.717) is 18.0 Å². The predicted molar refractivity (Wildman–Crippen MR) is 77.8 cm³/mol. The lowest BCUT2D eigenvalue weighted by molar-refractivity contribution is -0.117. The second kappa shape index (κ2) is 5.80. The summed E-state index contributed by atoms with van der Waals surface area (Å²) in [6.07, 6.45) is 2.38. The van der Waals surface area contributed by atoms with Crippen molar-refractivity contribution in [3.63, 3.8) is 0 Å². The average molecular weight is 257 g/mol. The van der Waals surface area contributed by atoms with E-state index in [-0.39, 0.29) is 5.91 Å². The molecule has 0 bridgehead atoms. The summed E-state index contributed by atoms with van der Waals surface area (Å²) in [6, 6.07) is 9.05. The Labute approximate surface area is 113 Å². The number of aromatic nitrogens is 1. The molecular formula is C15H19N3O. The van der Waals surface area contributed by atoms with Crippen LogP contribution in [0.2, 0.25) is 0 Å². The lowest BCUT2D eigenvalue weighted by atomic mass is 10.0. The highest BCUT2D eigenvalue weighted by Crippen LogP contribution is 2.20. The first-order chi connectivity index (χ1) is 9.08. The van der Waals surface area contributed by atoms with Crippen molar-refractivity contribution in [2.45, 2.75) is 26.3 Å². The van der Waals surface area contributed by atoms with Crippen LogP contribution in [-0.4, -0.2) is 16.9 Å². The number of amides is 1. The van der Waals surface area contributed by atoms with E-state index in [0.717, 1.165) is 10.9 Å². The fourth-order valence-electron chi connectivity index (χ4n) is 2.05. The normalized spacial score (nSPS) is 12.6. The number of para-hydroxylation sites is 1. The van der Waals surface area contributed by atoms with Crippen LogP contribution in [0.5, 0.6) is 0 Å². The number of anilines is 1. The maximum Gasteiger partial charge on any atom is 0.241 e. The molecule has 1 amide bonds. The zero-order valence-electron chi connectivity index (χ0n) is 11.3. The second-order valence-corrected chi connectivity index (χ2v) is 5.11. The van der Waals surface area contributed by atoms with Gasteiger partial charge >= 0.3 is 0 Å². The number of carbonyl (C=O) groups excluding carboxylic acids is 1. The van der Waals surface area contributed by atoms with Crippen LogP contribution in [0.1, 0.15) is 20.3 Å². The second-order valence-electron chi connectivity index (χ2n) is 5.11. The van der Waals surface area contributed by atoms with E-state index in [1.54, 1.807) is 6.20 Å². The van der Waals surface area contributed by atoms with Crippen molar-refractivity contribution >= 4 is 22.5 Å². The van der Waals surface area contributed by atoms with Crippen molar-refractivity contribution < 1.29 is 4.79 Å². The summed E-state index contributed by atoms with van der Waals surface area (Å²) in [5.41, 5.74) is 7.38. The summed E-state index contributed by atoms with van der Waals surface area (Å²) in [4.78, 5) is 16.3. The number of fused-ring (bicyclic) bond motifs is 1. The Hall–Kier alpha value is -1.94. The Morgan fingerprint density at radius 2 is 2.05 bits per heavy atom. The molecule has 3 N–H and O–H groups in total. The molecule has 0 saturated heterocycles. The molecule has 1 unspecified atom stereocenters. The van der Waals surface area contributed by atoms with Crippen LogP contribution in [-0.2, 0) is 4.79 Å². The molecule has 4 nitrogen and oxygen atoms in total. The van der Waals surface area contributed by atoms with Crippen LogP contribution in [0.15, 0.2) is 36.5 Å². The molecule has 1 atom stereocenters. The molecule has 0 radical (unpaired) electrons. The Bertz CT molecular complexity index is 575. The Morgan fingerprint density at radius 3 is 2.79 bits per heavy atom. The third-order valence-corrected chi connectivity index (χ3v) is 2.95. The summed E-state index contributed by atoms with van der Waals surface area (Å²) in [5.74, 6) is 0.234. The van der Waals surface area contributed by atoms with E-state index < -0.39 is 6.04 Å². The first kappa shape index (κ1) is 13.5. The molecule has 0 saturated carbocycles. The van der Waals surface area contributed by atoms with Gasteiger partial charge in [0.25, 0.3) is 0 Å². The van der Waals surface area contributed by atoms with E-state index >= 15 is 0 Å². The minimum atomic E-state index is -0.487. The smallest absolute Gasteiger partial charge is 0.241 e. The highest BCUT2D eigenvalue weighted by atomic mass is 16.2. The van der Waals surface area contributed by atoms with Gasteiger partial charge in [0.05, 0.1) is 17.2 Å². The Balaban J connectivity index is 2.19. The number of hydrogen-bond donors (Lipinski definition) is 2. The maximum absolute atomic E-state index is 12.0. The Kier molecular flexibility index (Phi) is 4.12. The van der Waals surface area contributed by atoms with Gasteiger partial charge in [-0.1, -0.05) is 32.0 Å². The van der Waals surface area contributed by atoms with Crippen LogP contribution in [0.25, 0.3) is 10.9 Å². The van der Waals surface area contributed by atoms with Gasteiger partial charge in [-0.25, -0.2) is 0 Å². The lowest BCUT2D eigenvalue weighted by Crippen LogP contribution is -2.36. The summed E-state index contributed by atoms with van der Waals surface area (Å²) < 4.78 is 0. The molecule has 1 heterocycles. The van der Waals surface area contributed by atoms with E-state index in [9.17, 15) is 4.79 Å². The van der Waals surface area contributed by atoms with Crippen molar-refractivity contribution in [1.29, 1.82) is 0 Å². The minimum Gasteiger partial charge on any atom is -0.323 e. The molecule has 19 heavy (non-hydrogen) atoms. The van der Waals surface area contributed by atoms with E-state index in [1.807, 2.05) is 44.2 Å². The zero-order valence-corrected chi connectivity index (χ0v) is 11.3. The van der Waals surface area contributed by atoms with Crippen LogP contribution >= 0.6 is 0 Å². The highest BCUT2D eigenvalue weighted by Gasteiger charge is 2.16. The third-order valence-electron chi connectivity index (χ3n) is 2.95. The number of hydrogen-bond acceptors (Lipinski definition) is 3. The number of nitrogens with two attached hydrogens (primary N) is 1. The lowest BCUT2D eigenvalue weighted by Gasteiger charge is -2.14. The van der Waals surface area contributed by atoms with Crippen LogP contribution in [0.4, 0.5) is 5.69 Å². The summed E-state index contributed by atoms with van der Waals surface area (Å²) in [6.45, 7) is 4.10. The molecule has 100 valence electrons. The fraction of sp³-hybridized carbons (Fsp3) is 0.333. The topological polar surface area (TPSA) is 68.0 Å². The van der Waals surface area contributed by atoms with Crippen LogP contribution in [0.3, 0.4) is 0 Å². The number of nitrogens with zero attached hydrogens (tertiary/aromatic N) is 1. The number of nitrogens with one attached hydrogen (secondary N) is 1. The van der Waals surface area contributed by atoms with Crippen molar-refractivity contribution in [3.05, 3.63) is 36.5 Å². The number of pyridine rings is 1. The molecule has 0 aliphatic rings.